The van der Waals surface area contributed by atoms with E-state index in [1.54, 1.807) is 0 Å². The molecule has 0 amide bonds. The van der Waals surface area contributed by atoms with E-state index in [0.29, 0.717) is 0 Å². The quantitative estimate of drug-likeness (QED) is 0.711. The van der Waals surface area contributed by atoms with E-state index in [0.717, 1.165) is 18.0 Å². The van der Waals surface area contributed by atoms with Gasteiger partial charge in [0.05, 0.1) is 0 Å². The molecule has 3 heteroatoms. The molecule has 18 heavy (non-hydrogen) atoms. The summed E-state index contributed by atoms with van der Waals surface area (Å²) in [6.07, 6.45) is 6.94. The molecule has 0 spiro atoms. The van der Waals surface area contributed by atoms with Crippen molar-refractivity contribution in [2.24, 2.45) is 5.92 Å². The molecule has 1 heterocycles. The fourth-order valence-corrected chi connectivity index (χ4v) is 3.23. The molecule has 1 saturated heterocycles. The SMILES string of the molecule is CCCNC(CN1CCCC1CN(C)C)C1CC1. The van der Waals surface area contributed by atoms with Crippen LogP contribution in [0.5, 0.6) is 0 Å². The van der Waals surface area contributed by atoms with Crippen LogP contribution in [0.2, 0.25) is 0 Å². The summed E-state index contributed by atoms with van der Waals surface area (Å²) in [5.41, 5.74) is 0. The standard InChI is InChI=1S/C15H31N3/c1-4-9-16-15(13-7-8-13)12-18-10-5-6-14(18)11-17(2)3/h13-16H,4-12H2,1-3H3. The Balaban J connectivity index is 1.81. The third kappa shape index (κ3) is 4.22. The maximum Gasteiger partial charge on any atom is 0.0224 e. The second kappa shape index (κ2) is 6.88. The molecule has 0 aromatic heterocycles. The average molecular weight is 253 g/mol. The van der Waals surface area contributed by atoms with Crippen molar-refractivity contribution in [3.63, 3.8) is 0 Å². The molecule has 1 aliphatic carbocycles. The maximum atomic E-state index is 3.78. The Labute approximate surface area is 113 Å². The van der Waals surface area contributed by atoms with Gasteiger partial charge in [-0.15, -0.1) is 0 Å². The van der Waals surface area contributed by atoms with E-state index in [1.165, 1.54) is 58.3 Å². The maximum absolute atomic E-state index is 3.78. The monoisotopic (exact) mass is 253 g/mol. The Morgan fingerprint density at radius 1 is 1.28 bits per heavy atom. The topological polar surface area (TPSA) is 18.5 Å². The lowest BCUT2D eigenvalue weighted by atomic mass is 10.1. The number of nitrogens with zero attached hydrogens (tertiary/aromatic N) is 2. The summed E-state index contributed by atoms with van der Waals surface area (Å²) in [5, 5.41) is 3.78. The fourth-order valence-electron chi connectivity index (χ4n) is 3.23. The highest BCUT2D eigenvalue weighted by Gasteiger charge is 2.34. The molecule has 0 aromatic carbocycles. The van der Waals surface area contributed by atoms with E-state index in [4.69, 9.17) is 0 Å². The Morgan fingerprint density at radius 2 is 2.06 bits per heavy atom. The number of hydrogen-bond acceptors (Lipinski definition) is 3. The summed E-state index contributed by atoms with van der Waals surface area (Å²) in [5.74, 6) is 0.970. The Hall–Kier alpha value is -0.120. The van der Waals surface area contributed by atoms with E-state index in [2.05, 4.69) is 36.1 Å². The van der Waals surface area contributed by atoms with Gasteiger partial charge in [0.15, 0.2) is 0 Å². The Bertz CT molecular complexity index is 238. The normalized spacial score (nSPS) is 27.0. The van der Waals surface area contributed by atoms with Crippen LogP contribution in [-0.4, -0.2) is 62.2 Å². The predicted octanol–water partition coefficient (Wildman–Crippen LogP) is 1.79. The van der Waals surface area contributed by atoms with Gasteiger partial charge in [-0.05, 0) is 65.2 Å². The van der Waals surface area contributed by atoms with Crippen molar-refractivity contribution < 1.29 is 0 Å². The fraction of sp³-hybridized carbons (Fsp3) is 1.00. The van der Waals surface area contributed by atoms with Crippen LogP contribution in [0.3, 0.4) is 0 Å². The zero-order valence-electron chi connectivity index (χ0n) is 12.5. The molecular weight excluding hydrogens is 222 g/mol. The van der Waals surface area contributed by atoms with Crippen LogP contribution in [0.15, 0.2) is 0 Å². The molecule has 2 aliphatic rings. The van der Waals surface area contributed by atoms with Crippen LogP contribution in [0, 0.1) is 5.92 Å². The first-order valence-corrected chi connectivity index (χ1v) is 7.83. The van der Waals surface area contributed by atoms with Crippen LogP contribution < -0.4 is 5.32 Å². The van der Waals surface area contributed by atoms with Gasteiger partial charge in [0.1, 0.15) is 0 Å². The minimum atomic E-state index is 0.757. The molecule has 2 fully saturated rings. The second-order valence-corrected chi connectivity index (χ2v) is 6.45. The molecule has 2 unspecified atom stereocenters. The van der Waals surface area contributed by atoms with Crippen molar-refractivity contribution in [3.8, 4) is 0 Å². The van der Waals surface area contributed by atoms with Crippen molar-refractivity contribution in [2.75, 3.05) is 40.3 Å². The number of hydrogen-bond donors (Lipinski definition) is 1. The van der Waals surface area contributed by atoms with Crippen LogP contribution in [0.1, 0.15) is 39.0 Å². The minimum absolute atomic E-state index is 0.757. The lowest BCUT2D eigenvalue weighted by Gasteiger charge is -2.31. The van der Waals surface area contributed by atoms with Crippen LogP contribution in [0.25, 0.3) is 0 Å². The van der Waals surface area contributed by atoms with Crippen LogP contribution >= 0.6 is 0 Å². The molecule has 1 aliphatic heterocycles. The number of nitrogens with one attached hydrogen (secondary N) is 1. The highest BCUT2D eigenvalue weighted by atomic mass is 15.2. The Kier molecular flexibility index (Phi) is 5.46. The summed E-state index contributed by atoms with van der Waals surface area (Å²) in [6.45, 7) is 7.28. The van der Waals surface area contributed by atoms with Crippen LogP contribution in [0.4, 0.5) is 0 Å². The van der Waals surface area contributed by atoms with E-state index in [1.807, 2.05) is 0 Å². The summed E-state index contributed by atoms with van der Waals surface area (Å²) in [6, 6.07) is 1.55. The molecule has 1 saturated carbocycles. The van der Waals surface area contributed by atoms with Crippen LogP contribution in [-0.2, 0) is 0 Å². The van der Waals surface area contributed by atoms with Gasteiger partial charge in [-0.25, -0.2) is 0 Å². The van der Waals surface area contributed by atoms with E-state index in [9.17, 15) is 0 Å². The first-order chi connectivity index (χ1) is 8.70. The molecular formula is C15H31N3. The first-order valence-electron chi connectivity index (χ1n) is 7.83. The van der Waals surface area contributed by atoms with Gasteiger partial charge in [0.25, 0.3) is 0 Å². The second-order valence-electron chi connectivity index (χ2n) is 6.45. The Morgan fingerprint density at radius 3 is 2.67 bits per heavy atom. The summed E-state index contributed by atoms with van der Waals surface area (Å²) in [7, 11) is 4.40. The lowest BCUT2D eigenvalue weighted by Crippen LogP contribution is -2.46. The van der Waals surface area contributed by atoms with Crippen molar-refractivity contribution >= 4 is 0 Å². The summed E-state index contributed by atoms with van der Waals surface area (Å²) < 4.78 is 0. The van der Waals surface area contributed by atoms with Gasteiger partial charge in [-0.3, -0.25) is 4.90 Å². The number of rotatable bonds is 8. The van der Waals surface area contributed by atoms with E-state index in [-0.39, 0.29) is 0 Å². The first kappa shape index (κ1) is 14.3. The minimum Gasteiger partial charge on any atom is -0.312 e. The van der Waals surface area contributed by atoms with Gasteiger partial charge in [0.2, 0.25) is 0 Å². The molecule has 106 valence electrons. The van der Waals surface area contributed by atoms with E-state index < -0.39 is 0 Å². The summed E-state index contributed by atoms with van der Waals surface area (Å²) in [4.78, 5) is 5.08. The van der Waals surface area contributed by atoms with Gasteiger partial charge in [-0.2, -0.15) is 0 Å². The molecule has 0 radical (unpaired) electrons. The lowest BCUT2D eigenvalue weighted by molar-refractivity contribution is 0.183. The largest absolute Gasteiger partial charge is 0.312 e. The zero-order valence-corrected chi connectivity index (χ0v) is 12.5. The zero-order chi connectivity index (χ0) is 13.0. The third-order valence-corrected chi connectivity index (χ3v) is 4.35. The summed E-state index contributed by atoms with van der Waals surface area (Å²) >= 11 is 0. The van der Waals surface area contributed by atoms with Crippen molar-refractivity contribution in [3.05, 3.63) is 0 Å². The third-order valence-electron chi connectivity index (χ3n) is 4.35. The van der Waals surface area contributed by atoms with Crippen molar-refractivity contribution in [1.29, 1.82) is 0 Å². The number of likely N-dealkylation sites (N-methyl/N-ethyl adjacent to an activating group) is 1. The molecule has 2 rings (SSSR count). The predicted molar refractivity (Wildman–Crippen MR) is 78.0 cm³/mol. The van der Waals surface area contributed by atoms with Crippen molar-refractivity contribution in [2.45, 2.75) is 51.1 Å². The van der Waals surface area contributed by atoms with Crippen molar-refractivity contribution in [1.82, 2.24) is 15.1 Å². The number of likely N-dealkylation sites (tertiary alicyclic amines) is 1. The molecule has 2 atom stereocenters. The van der Waals surface area contributed by atoms with Gasteiger partial charge < -0.3 is 10.2 Å². The highest BCUT2D eigenvalue weighted by molar-refractivity contribution is 4.91. The molecule has 3 nitrogen and oxygen atoms in total. The van der Waals surface area contributed by atoms with Gasteiger partial charge >= 0.3 is 0 Å². The average Bonchev–Trinajstić information content (AvgIpc) is 3.08. The molecule has 0 bridgehead atoms. The highest BCUT2D eigenvalue weighted by Crippen LogP contribution is 2.34. The molecule has 1 N–H and O–H groups in total. The smallest absolute Gasteiger partial charge is 0.0224 e. The van der Waals surface area contributed by atoms with Gasteiger partial charge in [0, 0.05) is 25.2 Å². The molecule has 0 aromatic rings. The van der Waals surface area contributed by atoms with Gasteiger partial charge in [-0.1, -0.05) is 6.92 Å². The van der Waals surface area contributed by atoms with E-state index >= 15 is 0 Å².